The molecule has 0 saturated carbocycles. The van der Waals surface area contributed by atoms with Crippen molar-refractivity contribution in [2.24, 2.45) is 5.16 Å². The first-order valence-corrected chi connectivity index (χ1v) is 11.1. The fraction of sp³-hybridized carbons (Fsp3) is 0.444. The Morgan fingerprint density at radius 3 is 2.69 bits per heavy atom. The minimum absolute atomic E-state index is 0.104. The van der Waals surface area contributed by atoms with Crippen LogP contribution in [0.15, 0.2) is 23.0 Å². The molecule has 32 heavy (non-hydrogen) atoms. The first-order valence-electron chi connectivity index (χ1n) is 9.29. The topological polar surface area (TPSA) is 160 Å². The molecule has 2 aliphatic rings. The van der Waals surface area contributed by atoms with Crippen molar-refractivity contribution in [3.05, 3.63) is 23.5 Å². The predicted molar refractivity (Wildman–Crippen MR) is 116 cm³/mol. The second-order valence-electron chi connectivity index (χ2n) is 7.60. The van der Waals surface area contributed by atoms with Gasteiger partial charge >= 0.3 is 12.1 Å². The van der Waals surface area contributed by atoms with Crippen molar-refractivity contribution in [1.82, 2.24) is 14.6 Å². The van der Waals surface area contributed by atoms with Crippen LogP contribution >= 0.6 is 23.3 Å². The average molecular weight is 484 g/mol. The zero-order valence-electron chi connectivity index (χ0n) is 17.6. The highest BCUT2D eigenvalue weighted by Gasteiger charge is 2.53. The van der Waals surface area contributed by atoms with Crippen LogP contribution in [0, 0.1) is 0 Å². The number of carbonyl (C=O) groups excluding carboxylic acids is 3. The van der Waals surface area contributed by atoms with Gasteiger partial charge in [0, 0.05) is 11.8 Å². The minimum Gasteiger partial charge on any atom is -0.477 e. The van der Waals surface area contributed by atoms with Gasteiger partial charge in [0.1, 0.15) is 40.5 Å². The third-order valence-corrected chi connectivity index (χ3v) is 6.01. The maximum atomic E-state index is 12.8. The summed E-state index contributed by atoms with van der Waals surface area (Å²) in [5.74, 6) is -2.08. The van der Waals surface area contributed by atoms with E-state index < -0.39 is 40.9 Å². The molecule has 1 fully saturated rings. The Balaban J connectivity index is 1.69. The zero-order valence-corrected chi connectivity index (χ0v) is 19.2. The molecular weight excluding hydrogens is 462 g/mol. The van der Waals surface area contributed by atoms with E-state index in [1.807, 2.05) is 0 Å². The van der Waals surface area contributed by atoms with E-state index in [0.717, 1.165) is 16.4 Å². The van der Waals surface area contributed by atoms with Crippen molar-refractivity contribution in [2.75, 3.05) is 18.2 Å². The Kier molecular flexibility index (Phi) is 6.74. The Labute approximate surface area is 191 Å². The molecule has 0 aromatic carbocycles. The molecule has 14 heteroatoms. The van der Waals surface area contributed by atoms with Gasteiger partial charge in [-0.25, -0.2) is 9.59 Å². The first kappa shape index (κ1) is 23.5. The van der Waals surface area contributed by atoms with Crippen LogP contribution in [-0.2, 0) is 24.0 Å². The number of nitrogens with one attached hydrogen (secondary N) is 2. The monoisotopic (exact) mass is 483 g/mol. The number of anilines is 1. The van der Waals surface area contributed by atoms with Gasteiger partial charge in [0.05, 0.1) is 0 Å². The number of carboxylic acids is 1. The molecule has 3 amide bonds. The fourth-order valence-corrected chi connectivity index (χ4v) is 4.72. The van der Waals surface area contributed by atoms with Gasteiger partial charge in [0.15, 0.2) is 5.71 Å². The summed E-state index contributed by atoms with van der Waals surface area (Å²) in [7, 11) is 1.25. The molecule has 1 aromatic rings. The van der Waals surface area contributed by atoms with Crippen molar-refractivity contribution in [3.8, 4) is 0 Å². The number of fused-ring (bicyclic) bond motifs is 1. The minimum atomic E-state index is -1.21. The molecule has 2 atom stereocenters. The highest BCUT2D eigenvalue weighted by atomic mass is 32.2. The molecule has 1 saturated heterocycles. The van der Waals surface area contributed by atoms with E-state index in [4.69, 9.17) is 9.57 Å². The molecule has 3 heterocycles. The van der Waals surface area contributed by atoms with Crippen LogP contribution in [0.4, 0.5) is 9.80 Å². The Hall–Kier alpha value is -3.13. The van der Waals surface area contributed by atoms with E-state index in [0.29, 0.717) is 10.8 Å². The van der Waals surface area contributed by atoms with Gasteiger partial charge in [0.25, 0.3) is 11.8 Å². The summed E-state index contributed by atoms with van der Waals surface area (Å²) in [6.07, 6.45) is 0.769. The number of ether oxygens (including phenoxy) is 1. The number of thioether (sulfide) groups is 1. The molecule has 0 bridgehead atoms. The summed E-state index contributed by atoms with van der Waals surface area (Å²) in [5, 5.41) is 17.8. The van der Waals surface area contributed by atoms with Gasteiger partial charge in [-0.2, -0.15) is 4.37 Å². The molecule has 0 aliphatic carbocycles. The highest BCUT2D eigenvalue weighted by Crippen LogP contribution is 2.37. The molecule has 0 spiro atoms. The molecular formula is C18H21N5O7S2. The number of hydrogen-bond donors (Lipinski definition) is 3. The van der Waals surface area contributed by atoms with Crippen LogP contribution in [0.1, 0.15) is 26.5 Å². The molecule has 1 aromatic heterocycles. The summed E-state index contributed by atoms with van der Waals surface area (Å²) in [5.41, 5.74) is -0.878. The second-order valence-corrected chi connectivity index (χ2v) is 9.56. The normalized spacial score (nSPS) is 20.5. The fourth-order valence-electron chi connectivity index (χ4n) is 2.89. The van der Waals surface area contributed by atoms with Gasteiger partial charge in [-0.3, -0.25) is 19.8 Å². The van der Waals surface area contributed by atoms with Gasteiger partial charge < -0.3 is 20.0 Å². The lowest BCUT2D eigenvalue weighted by molar-refractivity contribution is -0.150. The standard InChI is InChI=1S/C18H21N5O7S2/c1-18(2,3)30-17(28)19-10-7-8(22-32-10)11(21-29-4)13(24)20-12-14(25)23-9(16(26)27)5-6-31-15(12)23/h5,7,12,15H,6H2,1-4H3,(H,19,28)(H,20,24)(H,26,27)/b21-11-/t12-,15-/m1/s1. The Morgan fingerprint density at radius 1 is 1.34 bits per heavy atom. The van der Waals surface area contributed by atoms with E-state index in [1.165, 1.54) is 31.0 Å². The van der Waals surface area contributed by atoms with Gasteiger partial charge in [-0.05, 0) is 38.4 Å². The van der Waals surface area contributed by atoms with Crippen molar-refractivity contribution in [3.63, 3.8) is 0 Å². The number of β-lactam (4-membered cyclic amide) rings is 1. The summed E-state index contributed by atoms with van der Waals surface area (Å²) in [6, 6.07) is 0.497. The number of carboxylic acid groups (broad SMARTS) is 1. The lowest BCUT2D eigenvalue weighted by atomic mass is 10.0. The van der Waals surface area contributed by atoms with Crippen LogP contribution in [0.3, 0.4) is 0 Å². The van der Waals surface area contributed by atoms with E-state index in [9.17, 15) is 24.3 Å². The van der Waals surface area contributed by atoms with Crippen LogP contribution in [0.5, 0.6) is 0 Å². The number of nitrogens with zero attached hydrogens (tertiary/aromatic N) is 3. The molecule has 172 valence electrons. The van der Waals surface area contributed by atoms with Crippen LogP contribution in [0.25, 0.3) is 0 Å². The van der Waals surface area contributed by atoms with Crippen molar-refractivity contribution >= 4 is 57.9 Å². The molecule has 12 nitrogen and oxygen atoms in total. The average Bonchev–Trinajstić information content (AvgIpc) is 3.15. The third kappa shape index (κ3) is 5.02. The maximum absolute atomic E-state index is 12.8. The number of carbonyl (C=O) groups is 4. The number of hydrogen-bond acceptors (Lipinski definition) is 10. The molecule has 3 N–H and O–H groups in total. The van der Waals surface area contributed by atoms with E-state index in [1.54, 1.807) is 20.8 Å². The van der Waals surface area contributed by atoms with Crippen LogP contribution < -0.4 is 10.6 Å². The zero-order chi connectivity index (χ0) is 23.6. The summed E-state index contributed by atoms with van der Waals surface area (Å²) >= 11 is 2.23. The van der Waals surface area contributed by atoms with E-state index >= 15 is 0 Å². The number of amides is 3. The first-order chi connectivity index (χ1) is 15.0. The van der Waals surface area contributed by atoms with Crippen LogP contribution in [0.2, 0.25) is 0 Å². The number of aromatic nitrogens is 1. The highest BCUT2D eigenvalue weighted by molar-refractivity contribution is 8.00. The quantitative estimate of drug-likeness (QED) is 0.307. The Bertz CT molecular complexity index is 1010. The number of oxime groups is 1. The van der Waals surface area contributed by atoms with Gasteiger partial charge in [0.2, 0.25) is 0 Å². The summed E-state index contributed by atoms with van der Waals surface area (Å²) in [6.45, 7) is 5.17. The lowest BCUT2D eigenvalue weighted by Gasteiger charge is -2.48. The molecule has 3 rings (SSSR count). The largest absolute Gasteiger partial charge is 0.477 e. The number of rotatable bonds is 6. The van der Waals surface area contributed by atoms with E-state index in [-0.39, 0.29) is 17.1 Å². The van der Waals surface area contributed by atoms with Gasteiger partial charge in [-0.1, -0.05) is 5.16 Å². The Morgan fingerprint density at radius 2 is 2.06 bits per heavy atom. The lowest BCUT2D eigenvalue weighted by Crippen LogP contribution is -2.70. The second kappa shape index (κ2) is 9.16. The molecule has 0 radical (unpaired) electrons. The summed E-state index contributed by atoms with van der Waals surface area (Å²) < 4.78 is 9.28. The van der Waals surface area contributed by atoms with E-state index in [2.05, 4.69) is 20.2 Å². The predicted octanol–water partition coefficient (Wildman–Crippen LogP) is 1.21. The van der Waals surface area contributed by atoms with Gasteiger partial charge in [-0.15, -0.1) is 11.8 Å². The molecule has 0 unspecified atom stereocenters. The molecule has 2 aliphatic heterocycles. The van der Waals surface area contributed by atoms with Crippen molar-refractivity contribution < 1.29 is 33.9 Å². The van der Waals surface area contributed by atoms with Crippen LogP contribution in [-0.4, -0.2) is 73.8 Å². The third-order valence-electron chi connectivity index (χ3n) is 4.13. The SMILES string of the molecule is CO/N=C(\C(=O)N[C@@H]1C(=O)N2C(C(=O)O)=CCS[C@H]12)c1cc(NC(=O)OC(C)(C)C)sn1. The van der Waals surface area contributed by atoms with Crippen molar-refractivity contribution in [1.29, 1.82) is 0 Å². The smallest absolute Gasteiger partial charge is 0.412 e. The number of aliphatic carboxylic acids is 1. The maximum Gasteiger partial charge on any atom is 0.412 e. The summed E-state index contributed by atoms with van der Waals surface area (Å²) in [4.78, 5) is 54.4. The van der Waals surface area contributed by atoms with Crippen molar-refractivity contribution in [2.45, 2.75) is 37.8 Å².